The molecule has 1 aromatic carbocycles. The van der Waals surface area contributed by atoms with E-state index >= 15 is 0 Å². The van der Waals surface area contributed by atoms with Crippen molar-refractivity contribution in [1.82, 2.24) is 9.61 Å². The summed E-state index contributed by atoms with van der Waals surface area (Å²) < 4.78 is 7.66. The van der Waals surface area contributed by atoms with Crippen LogP contribution in [0.3, 0.4) is 0 Å². The van der Waals surface area contributed by atoms with Crippen LogP contribution in [0.2, 0.25) is 10.0 Å². The first-order valence-electron chi connectivity index (χ1n) is 10.9. The second-order valence-corrected chi connectivity index (χ2v) is 9.46. The molecule has 0 atom stereocenters. The molecule has 0 bridgehead atoms. The molecule has 158 valence electrons. The number of nitrogens with zero attached hydrogens (tertiary/aromatic N) is 3. The Kier molecular flexibility index (Phi) is 5.32. The minimum atomic E-state index is 0.559. The SMILES string of the molecule is CCc1nn2c(-c3c(Cl)cc(Cl)cc3OC)cccc2c1N(CC1CC1)CC1CC1. The second kappa shape index (κ2) is 7.97. The normalized spacial score (nSPS) is 16.3. The molecule has 2 fully saturated rings. The number of halogens is 2. The van der Waals surface area contributed by atoms with E-state index in [0.717, 1.165) is 53.8 Å². The van der Waals surface area contributed by atoms with Gasteiger partial charge in [0.05, 0.1) is 40.3 Å². The van der Waals surface area contributed by atoms with Crippen LogP contribution in [0.4, 0.5) is 5.69 Å². The smallest absolute Gasteiger partial charge is 0.131 e. The third-order valence-electron chi connectivity index (χ3n) is 6.20. The van der Waals surface area contributed by atoms with E-state index in [2.05, 4.69) is 24.0 Å². The van der Waals surface area contributed by atoms with Crippen LogP contribution in [0.1, 0.15) is 38.3 Å². The number of rotatable bonds is 8. The van der Waals surface area contributed by atoms with Gasteiger partial charge in [-0.2, -0.15) is 5.10 Å². The van der Waals surface area contributed by atoms with Crippen LogP contribution in [-0.4, -0.2) is 29.8 Å². The molecule has 4 nitrogen and oxygen atoms in total. The Morgan fingerprint density at radius 3 is 2.40 bits per heavy atom. The number of benzene rings is 1. The van der Waals surface area contributed by atoms with Gasteiger partial charge in [-0.3, -0.25) is 0 Å². The van der Waals surface area contributed by atoms with Crippen molar-refractivity contribution in [2.24, 2.45) is 11.8 Å². The predicted octanol–water partition coefficient (Wildman–Crippen LogP) is 6.51. The summed E-state index contributed by atoms with van der Waals surface area (Å²) in [6, 6.07) is 9.88. The van der Waals surface area contributed by atoms with Crippen LogP contribution < -0.4 is 9.64 Å². The molecule has 2 aliphatic carbocycles. The molecule has 0 aliphatic heterocycles. The van der Waals surface area contributed by atoms with E-state index in [1.54, 1.807) is 19.2 Å². The van der Waals surface area contributed by atoms with Crippen molar-refractivity contribution >= 4 is 34.4 Å². The van der Waals surface area contributed by atoms with Crippen LogP contribution in [-0.2, 0) is 6.42 Å². The molecule has 0 radical (unpaired) electrons. The highest BCUT2D eigenvalue weighted by molar-refractivity contribution is 6.36. The molecule has 2 aliphatic rings. The van der Waals surface area contributed by atoms with Crippen molar-refractivity contribution in [3.8, 4) is 17.0 Å². The highest BCUT2D eigenvalue weighted by Crippen LogP contribution is 2.42. The Hall–Kier alpha value is -1.91. The number of methoxy groups -OCH3 is 1. The number of aromatic nitrogens is 2. The summed E-state index contributed by atoms with van der Waals surface area (Å²) in [6.45, 7) is 4.47. The van der Waals surface area contributed by atoms with E-state index in [1.165, 1.54) is 31.4 Å². The zero-order valence-corrected chi connectivity index (χ0v) is 19.0. The largest absolute Gasteiger partial charge is 0.496 e. The van der Waals surface area contributed by atoms with Gasteiger partial charge in [-0.25, -0.2) is 4.52 Å². The zero-order chi connectivity index (χ0) is 20.8. The molecule has 2 aromatic heterocycles. The number of fused-ring (bicyclic) bond motifs is 1. The van der Waals surface area contributed by atoms with Gasteiger partial charge in [-0.05, 0) is 68.2 Å². The fourth-order valence-electron chi connectivity index (χ4n) is 4.32. The molecule has 0 saturated heterocycles. The van der Waals surface area contributed by atoms with Gasteiger partial charge in [-0.15, -0.1) is 0 Å². The Morgan fingerprint density at radius 2 is 1.80 bits per heavy atom. The van der Waals surface area contributed by atoms with Gasteiger partial charge in [0.2, 0.25) is 0 Å². The first-order valence-corrected chi connectivity index (χ1v) is 11.6. The first-order chi connectivity index (χ1) is 14.6. The third kappa shape index (κ3) is 3.76. The van der Waals surface area contributed by atoms with Gasteiger partial charge >= 0.3 is 0 Å². The highest BCUT2D eigenvalue weighted by atomic mass is 35.5. The topological polar surface area (TPSA) is 29.8 Å². The average Bonchev–Trinajstić information content (AvgIpc) is 3.66. The molecule has 0 amide bonds. The highest BCUT2D eigenvalue weighted by Gasteiger charge is 2.32. The Balaban J connectivity index is 1.68. The van der Waals surface area contributed by atoms with Gasteiger partial charge in [0, 0.05) is 18.1 Å². The monoisotopic (exact) mass is 443 g/mol. The lowest BCUT2D eigenvalue weighted by Gasteiger charge is -2.25. The molecule has 0 unspecified atom stereocenters. The van der Waals surface area contributed by atoms with Crippen molar-refractivity contribution in [3.63, 3.8) is 0 Å². The van der Waals surface area contributed by atoms with E-state index in [1.807, 2.05) is 10.6 Å². The number of ether oxygens (including phenoxy) is 1. The Labute approximate surface area is 187 Å². The summed E-state index contributed by atoms with van der Waals surface area (Å²) in [5.41, 5.74) is 5.32. The molecule has 2 saturated carbocycles. The van der Waals surface area contributed by atoms with Gasteiger partial charge in [0.15, 0.2) is 0 Å². The summed E-state index contributed by atoms with van der Waals surface area (Å²) in [7, 11) is 1.64. The van der Waals surface area contributed by atoms with E-state index in [-0.39, 0.29) is 0 Å². The molecule has 0 spiro atoms. The lowest BCUT2D eigenvalue weighted by Crippen LogP contribution is -2.28. The Bertz CT molecular complexity index is 1070. The maximum Gasteiger partial charge on any atom is 0.131 e. The summed E-state index contributed by atoms with van der Waals surface area (Å²) >= 11 is 12.8. The number of anilines is 1. The molecule has 0 N–H and O–H groups in total. The van der Waals surface area contributed by atoms with Crippen molar-refractivity contribution in [2.45, 2.75) is 39.0 Å². The molecular formula is C24H27Cl2N3O. The second-order valence-electron chi connectivity index (χ2n) is 8.61. The lowest BCUT2D eigenvalue weighted by molar-refractivity contribution is 0.416. The van der Waals surface area contributed by atoms with E-state index in [9.17, 15) is 0 Å². The summed E-state index contributed by atoms with van der Waals surface area (Å²) in [6.07, 6.45) is 6.30. The minimum absolute atomic E-state index is 0.559. The van der Waals surface area contributed by atoms with Crippen molar-refractivity contribution in [1.29, 1.82) is 0 Å². The van der Waals surface area contributed by atoms with E-state index < -0.39 is 0 Å². The molecule has 2 heterocycles. The van der Waals surface area contributed by atoms with Gasteiger partial charge in [-0.1, -0.05) is 36.2 Å². The fraction of sp³-hybridized carbons (Fsp3) is 0.458. The fourth-order valence-corrected chi connectivity index (χ4v) is 4.89. The van der Waals surface area contributed by atoms with Crippen molar-refractivity contribution in [2.75, 3.05) is 25.1 Å². The van der Waals surface area contributed by atoms with E-state index in [0.29, 0.717) is 15.8 Å². The summed E-state index contributed by atoms with van der Waals surface area (Å²) in [4.78, 5) is 2.61. The predicted molar refractivity (Wildman–Crippen MR) is 124 cm³/mol. The van der Waals surface area contributed by atoms with Crippen LogP contribution >= 0.6 is 23.2 Å². The molecule has 30 heavy (non-hydrogen) atoms. The minimum Gasteiger partial charge on any atom is -0.496 e. The maximum atomic E-state index is 6.63. The summed E-state index contributed by atoms with van der Waals surface area (Å²) in [5.74, 6) is 2.32. The van der Waals surface area contributed by atoms with Crippen molar-refractivity contribution in [3.05, 3.63) is 46.1 Å². The van der Waals surface area contributed by atoms with Crippen LogP contribution in [0, 0.1) is 11.8 Å². The number of hydrogen-bond acceptors (Lipinski definition) is 3. The van der Waals surface area contributed by atoms with Gasteiger partial charge in [0.1, 0.15) is 5.75 Å². The summed E-state index contributed by atoms with van der Waals surface area (Å²) in [5, 5.41) is 6.17. The lowest BCUT2D eigenvalue weighted by atomic mass is 10.1. The molecule has 3 aromatic rings. The number of hydrogen-bond donors (Lipinski definition) is 0. The Morgan fingerprint density at radius 1 is 1.10 bits per heavy atom. The number of aryl methyl sites for hydroxylation is 1. The van der Waals surface area contributed by atoms with Crippen LogP contribution in [0.5, 0.6) is 5.75 Å². The maximum absolute atomic E-state index is 6.63. The van der Waals surface area contributed by atoms with Crippen LogP contribution in [0.25, 0.3) is 16.8 Å². The first kappa shape index (κ1) is 20.0. The third-order valence-corrected chi connectivity index (χ3v) is 6.71. The standard InChI is InChI=1S/C24H27Cl2N3O/c1-3-19-24(28(13-15-7-8-15)14-16-9-10-16)21-6-4-5-20(29(21)27-19)23-18(26)11-17(25)12-22(23)30-2/h4-6,11-12,15-16H,3,7-10,13-14H2,1-2H3. The molecule has 5 rings (SSSR count). The molecule has 6 heteroatoms. The number of pyridine rings is 1. The zero-order valence-electron chi connectivity index (χ0n) is 17.5. The molecular weight excluding hydrogens is 417 g/mol. The van der Waals surface area contributed by atoms with Gasteiger partial charge in [0.25, 0.3) is 0 Å². The average molecular weight is 444 g/mol. The van der Waals surface area contributed by atoms with Crippen molar-refractivity contribution < 1.29 is 4.74 Å². The van der Waals surface area contributed by atoms with Crippen LogP contribution in [0.15, 0.2) is 30.3 Å². The van der Waals surface area contributed by atoms with E-state index in [4.69, 9.17) is 33.0 Å². The quantitative estimate of drug-likeness (QED) is 0.397. The van der Waals surface area contributed by atoms with Gasteiger partial charge < -0.3 is 9.64 Å².